The number of aromatic nitrogens is 2. The molecule has 5 rings (SSSR count). The molecule has 1 unspecified atom stereocenters. The fourth-order valence-corrected chi connectivity index (χ4v) is 3.92. The number of H-pyrrole nitrogens is 1. The number of rotatable bonds is 7. The molecule has 168 valence electrons. The molecule has 0 saturated heterocycles. The molecule has 0 fully saturated rings. The molecule has 2 aromatic heterocycles. The number of Topliss-reactive ketones (excluding diaryl/α,β-unsaturated/α-hetero) is 1. The minimum Gasteiger partial charge on any atom is -0.451 e. The number of fused-ring (bicyclic) bond motifs is 1. The molecule has 0 aliphatic rings. The predicted molar refractivity (Wildman–Crippen MR) is 131 cm³/mol. The number of ketones is 1. The summed E-state index contributed by atoms with van der Waals surface area (Å²) in [6, 6.07) is 27.9. The van der Waals surface area contributed by atoms with Gasteiger partial charge in [-0.25, -0.2) is 4.98 Å². The first kappa shape index (κ1) is 21.4. The third-order valence-electron chi connectivity index (χ3n) is 5.73. The van der Waals surface area contributed by atoms with E-state index in [2.05, 4.69) is 10.3 Å². The molecule has 1 atom stereocenters. The lowest BCUT2D eigenvalue weighted by Gasteiger charge is -2.16. The Balaban J connectivity index is 1.39. The first-order valence-electron chi connectivity index (χ1n) is 11.1. The Morgan fingerprint density at radius 3 is 2.38 bits per heavy atom. The Labute approximate surface area is 196 Å². The van der Waals surface area contributed by atoms with E-state index in [9.17, 15) is 9.59 Å². The van der Waals surface area contributed by atoms with Gasteiger partial charge in [0.1, 0.15) is 11.6 Å². The second-order valence-electron chi connectivity index (χ2n) is 8.15. The quantitative estimate of drug-likeness (QED) is 0.310. The minimum absolute atomic E-state index is 0.00102. The van der Waals surface area contributed by atoms with Crippen LogP contribution >= 0.6 is 0 Å². The van der Waals surface area contributed by atoms with Crippen molar-refractivity contribution >= 4 is 22.7 Å². The van der Waals surface area contributed by atoms with Gasteiger partial charge in [-0.2, -0.15) is 0 Å². The number of imidazole rings is 1. The number of carbonyl (C=O) groups excluding carboxylic acids is 2. The van der Waals surface area contributed by atoms with Gasteiger partial charge in [-0.05, 0) is 43.2 Å². The number of benzene rings is 3. The van der Waals surface area contributed by atoms with Crippen molar-refractivity contribution in [3.8, 4) is 11.3 Å². The van der Waals surface area contributed by atoms with Crippen LogP contribution in [0.2, 0.25) is 0 Å². The normalized spacial score (nSPS) is 11.9. The van der Waals surface area contributed by atoms with Crippen LogP contribution in [-0.4, -0.2) is 21.7 Å². The Hall–Kier alpha value is -4.45. The summed E-state index contributed by atoms with van der Waals surface area (Å²) in [6.07, 6.45) is 0.576. The monoisotopic (exact) mass is 449 g/mol. The van der Waals surface area contributed by atoms with Crippen molar-refractivity contribution in [1.82, 2.24) is 15.3 Å². The van der Waals surface area contributed by atoms with E-state index < -0.39 is 0 Å². The van der Waals surface area contributed by atoms with Crippen LogP contribution in [-0.2, 0) is 6.42 Å². The Morgan fingerprint density at radius 1 is 0.912 bits per heavy atom. The summed E-state index contributed by atoms with van der Waals surface area (Å²) in [5, 5.41) is 3.08. The van der Waals surface area contributed by atoms with Gasteiger partial charge >= 0.3 is 0 Å². The Morgan fingerprint density at radius 2 is 1.65 bits per heavy atom. The number of hydrogen-bond donors (Lipinski definition) is 2. The predicted octanol–water partition coefficient (Wildman–Crippen LogP) is 5.74. The number of furan rings is 1. The zero-order valence-corrected chi connectivity index (χ0v) is 18.6. The summed E-state index contributed by atoms with van der Waals surface area (Å²) in [7, 11) is 0. The van der Waals surface area contributed by atoms with Gasteiger partial charge in [0, 0.05) is 11.1 Å². The SMILES string of the molecule is CC(=O)c1ccc(-c2ccc(C(=O)NC(Cc3ccccc3)c3nc4ccccc4[nH]3)o2)cc1. The molecular formula is C28H23N3O3. The number of nitrogens with zero attached hydrogens (tertiary/aromatic N) is 1. The fraction of sp³-hybridized carbons (Fsp3) is 0.107. The van der Waals surface area contributed by atoms with Crippen molar-refractivity contribution < 1.29 is 14.0 Å². The summed E-state index contributed by atoms with van der Waals surface area (Å²) in [5.74, 6) is 1.13. The zero-order valence-electron chi connectivity index (χ0n) is 18.6. The van der Waals surface area contributed by atoms with Gasteiger partial charge < -0.3 is 14.7 Å². The summed E-state index contributed by atoms with van der Waals surface area (Å²) >= 11 is 0. The molecule has 3 aromatic carbocycles. The standard InChI is InChI=1S/C28H23N3O3/c1-18(32)20-11-13-21(14-12-20)25-15-16-26(34-25)28(33)31-24(17-19-7-3-2-4-8-19)27-29-22-9-5-6-10-23(22)30-27/h2-16,24H,17H2,1H3,(H,29,30)(H,31,33). The second kappa shape index (κ2) is 9.19. The highest BCUT2D eigenvalue weighted by molar-refractivity contribution is 5.94. The number of hydrogen-bond acceptors (Lipinski definition) is 4. The second-order valence-corrected chi connectivity index (χ2v) is 8.15. The van der Waals surface area contributed by atoms with Crippen molar-refractivity contribution in [3.05, 3.63) is 114 Å². The molecule has 6 heteroatoms. The molecule has 0 spiro atoms. The average molecular weight is 450 g/mol. The molecule has 0 saturated carbocycles. The lowest BCUT2D eigenvalue weighted by Crippen LogP contribution is -2.30. The van der Waals surface area contributed by atoms with Gasteiger partial charge in [0.2, 0.25) is 0 Å². The van der Waals surface area contributed by atoms with Crippen molar-refractivity contribution in [2.24, 2.45) is 0 Å². The van der Waals surface area contributed by atoms with E-state index in [0.29, 0.717) is 23.6 Å². The molecule has 34 heavy (non-hydrogen) atoms. The lowest BCUT2D eigenvalue weighted by atomic mass is 10.1. The molecule has 2 N–H and O–H groups in total. The van der Waals surface area contributed by atoms with Crippen LogP contribution in [0.3, 0.4) is 0 Å². The number of nitrogens with one attached hydrogen (secondary N) is 2. The van der Waals surface area contributed by atoms with E-state index in [4.69, 9.17) is 9.40 Å². The van der Waals surface area contributed by atoms with E-state index >= 15 is 0 Å². The van der Waals surface area contributed by atoms with E-state index in [1.165, 1.54) is 6.92 Å². The summed E-state index contributed by atoms with van der Waals surface area (Å²) in [5.41, 5.74) is 4.27. The largest absolute Gasteiger partial charge is 0.451 e. The van der Waals surface area contributed by atoms with Crippen LogP contribution in [0.25, 0.3) is 22.4 Å². The molecule has 0 aliphatic heterocycles. The van der Waals surface area contributed by atoms with Crippen LogP contribution < -0.4 is 5.32 Å². The third kappa shape index (κ3) is 4.52. The maximum absolute atomic E-state index is 13.1. The molecular weight excluding hydrogens is 426 g/mol. The maximum atomic E-state index is 13.1. The molecule has 0 radical (unpaired) electrons. The Kier molecular flexibility index (Phi) is 5.79. The smallest absolute Gasteiger partial charge is 0.287 e. The van der Waals surface area contributed by atoms with E-state index in [1.54, 1.807) is 24.3 Å². The number of aromatic amines is 1. The van der Waals surface area contributed by atoms with Crippen LogP contribution in [0, 0.1) is 0 Å². The number of carbonyl (C=O) groups is 2. The maximum Gasteiger partial charge on any atom is 0.287 e. The molecule has 1 amide bonds. The summed E-state index contributed by atoms with van der Waals surface area (Å²) < 4.78 is 5.85. The Bertz CT molecular complexity index is 1420. The lowest BCUT2D eigenvalue weighted by molar-refractivity contribution is 0.0907. The van der Waals surface area contributed by atoms with Crippen LogP contribution in [0.1, 0.15) is 45.3 Å². The molecule has 6 nitrogen and oxygen atoms in total. The van der Waals surface area contributed by atoms with Crippen LogP contribution in [0.5, 0.6) is 0 Å². The zero-order chi connectivity index (χ0) is 23.5. The summed E-state index contributed by atoms with van der Waals surface area (Å²) in [6.45, 7) is 1.53. The molecule has 0 aliphatic carbocycles. The van der Waals surface area contributed by atoms with E-state index in [-0.39, 0.29) is 23.5 Å². The number of para-hydroxylation sites is 2. The highest BCUT2D eigenvalue weighted by Gasteiger charge is 2.22. The van der Waals surface area contributed by atoms with E-state index in [0.717, 1.165) is 22.2 Å². The highest BCUT2D eigenvalue weighted by atomic mass is 16.3. The van der Waals surface area contributed by atoms with Crippen LogP contribution in [0.15, 0.2) is 95.4 Å². The van der Waals surface area contributed by atoms with Crippen molar-refractivity contribution in [3.63, 3.8) is 0 Å². The molecule has 0 bridgehead atoms. The topological polar surface area (TPSA) is 88.0 Å². The molecule has 2 heterocycles. The van der Waals surface area contributed by atoms with Gasteiger partial charge in [-0.15, -0.1) is 0 Å². The van der Waals surface area contributed by atoms with Gasteiger partial charge in [0.05, 0.1) is 17.1 Å². The van der Waals surface area contributed by atoms with Gasteiger partial charge in [0.15, 0.2) is 11.5 Å². The van der Waals surface area contributed by atoms with Crippen molar-refractivity contribution in [2.45, 2.75) is 19.4 Å². The van der Waals surface area contributed by atoms with Crippen LogP contribution in [0.4, 0.5) is 0 Å². The fourth-order valence-electron chi connectivity index (χ4n) is 3.92. The van der Waals surface area contributed by atoms with Gasteiger partial charge in [-0.1, -0.05) is 66.7 Å². The summed E-state index contributed by atoms with van der Waals surface area (Å²) in [4.78, 5) is 32.7. The highest BCUT2D eigenvalue weighted by Crippen LogP contribution is 2.24. The number of amides is 1. The minimum atomic E-state index is -0.370. The van der Waals surface area contributed by atoms with Crippen molar-refractivity contribution in [1.29, 1.82) is 0 Å². The van der Waals surface area contributed by atoms with E-state index in [1.807, 2.05) is 66.7 Å². The van der Waals surface area contributed by atoms with Gasteiger partial charge in [0.25, 0.3) is 5.91 Å². The first-order chi connectivity index (χ1) is 16.6. The third-order valence-corrected chi connectivity index (χ3v) is 5.73. The molecule has 5 aromatic rings. The van der Waals surface area contributed by atoms with Crippen molar-refractivity contribution in [2.75, 3.05) is 0 Å². The average Bonchev–Trinajstić information content (AvgIpc) is 3.52. The van der Waals surface area contributed by atoms with Gasteiger partial charge in [-0.3, -0.25) is 9.59 Å². The first-order valence-corrected chi connectivity index (χ1v) is 11.1.